The first-order valence-electron chi connectivity index (χ1n) is 8.48. The van der Waals surface area contributed by atoms with Crippen LogP contribution in [-0.2, 0) is 0 Å². The van der Waals surface area contributed by atoms with E-state index >= 15 is 0 Å². The third-order valence-electron chi connectivity index (χ3n) is 4.14. The molecular formula is C22H14ClFN2O2. The normalized spacial score (nSPS) is 10.6. The summed E-state index contributed by atoms with van der Waals surface area (Å²) in [4.78, 5) is 17.0. The topological polar surface area (TPSA) is 55.1 Å². The Kier molecular flexibility index (Phi) is 4.91. The highest BCUT2D eigenvalue weighted by Gasteiger charge is 2.17. The van der Waals surface area contributed by atoms with Crippen molar-refractivity contribution in [1.82, 2.24) is 4.98 Å². The Morgan fingerprint density at radius 3 is 2.43 bits per heavy atom. The van der Waals surface area contributed by atoms with Crippen molar-refractivity contribution in [3.63, 3.8) is 0 Å². The molecule has 1 heterocycles. The molecule has 4 aromatic rings. The van der Waals surface area contributed by atoms with Gasteiger partial charge in [0.1, 0.15) is 5.82 Å². The smallest absolute Gasteiger partial charge is 0.256 e. The first-order valence-corrected chi connectivity index (χ1v) is 8.86. The molecule has 28 heavy (non-hydrogen) atoms. The molecular weight excluding hydrogens is 379 g/mol. The van der Waals surface area contributed by atoms with Gasteiger partial charge in [-0.3, -0.25) is 4.79 Å². The second kappa shape index (κ2) is 7.66. The molecule has 1 amide bonds. The Morgan fingerprint density at radius 1 is 0.964 bits per heavy atom. The fourth-order valence-corrected chi connectivity index (χ4v) is 2.87. The van der Waals surface area contributed by atoms with Crippen LogP contribution >= 0.6 is 11.6 Å². The molecule has 4 nitrogen and oxygen atoms in total. The van der Waals surface area contributed by atoms with Crippen molar-refractivity contribution < 1.29 is 13.6 Å². The summed E-state index contributed by atoms with van der Waals surface area (Å²) < 4.78 is 18.9. The largest absolute Gasteiger partial charge is 0.436 e. The molecule has 0 fully saturated rings. The average Bonchev–Trinajstić information content (AvgIpc) is 3.20. The lowest BCUT2D eigenvalue weighted by Crippen LogP contribution is -2.13. The van der Waals surface area contributed by atoms with Gasteiger partial charge in [-0.1, -0.05) is 23.7 Å². The van der Waals surface area contributed by atoms with Crippen LogP contribution in [0.4, 0.5) is 10.1 Å². The molecule has 0 aliphatic heterocycles. The second-order valence-electron chi connectivity index (χ2n) is 6.04. The Labute approximate surface area is 165 Å². The van der Waals surface area contributed by atoms with Gasteiger partial charge in [-0.2, -0.15) is 0 Å². The Morgan fingerprint density at radius 2 is 1.68 bits per heavy atom. The average molecular weight is 393 g/mol. The third kappa shape index (κ3) is 3.80. The van der Waals surface area contributed by atoms with Gasteiger partial charge >= 0.3 is 0 Å². The molecule has 0 aliphatic carbocycles. The highest BCUT2D eigenvalue weighted by molar-refractivity contribution is 6.30. The summed E-state index contributed by atoms with van der Waals surface area (Å²) in [5.74, 6) is 0.177. The van der Waals surface area contributed by atoms with E-state index in [1.807, 2.05) is 0 Å². The van der Waals surface area contributed by atoms with Crippen molar-refractivity contribution in [3.05, 3.63) is 95.4 Å². The van der Waals surface area contributed by atoms with Gasteiger partial charge in [-0.05, 0) is 60.7 Å². The monoisotopic (exact) mass is 392 g/mol. The molecule has 3 aromatic carbocycles. The maximum absolute atomic E-state index is 13.1. The van der Waals surface area contributed by atoms with Crippen molar-refractivity contribution >= 4 is 23.2 Å². The number of benzene rings is 3. The zero-order chi connectivity index (χ0) is 19.5. The van der Waals surface area contributed by atoms with Crippen molar-refractivity contribution in [2.45, 2.75) is 0 Å². The van der Waals surface area contributed by atoms with Crippen LogP contribution in [-0.4, -0.2) is 10.9 Å². The molecule has 1 N–H and O–H groups in total. The molecule has 0 unspecified atom stereocenters. The van der Waals surface area contributed by atoms with Crippen molar-refractivity contribution in [1.29, 1.82) is 0 Å². The molecule has 0 spiro atoms. The van der Waals surface area contributed by atoms with E-state index in [2.05, 4.69) is 10.3 Å². The van der Waals surface area contributed by atoms with Crippen LogP contribution in [0, 0.1) is 5.82 Å². The number of oxazole rings is 1. The van der Waals surface area contributed by atoms with Crippen LogP contribution in [0.2, 0.25) is 5.02 Å². The number of aromatic nitrogens is 1. The van der Waals surface area contributed by atoms with Crippen LogP contribution in [0.3, 0.4) is 0 Å². The van der Waals surface area contributed by atoms with E-state index in [0.717, 1.165) is 0 Å². The minimum absolute atomic E-state index is 0.292. The molecule has 0 saturated carbocycles. The lowest BCUT2D eigenvalue weighted by atomic mass is 10.1. The van der Waals surface area contributed by atoms with Gasteiger partial charge in [0.05, 0.1) is 11.8 Å². The first kappa shape index (κ1) is 17.9. The van der Waals surface area contributed by atoms with E-state index in [9.17, 15) is 9.18 Å². The summed E-state index contributed by atoms with van der Waals surface area (Å²) in [6.07, 6.45) is 1.55. The molecule has 1 aromatic heterocycles. The summed E-state index contributed by atoms with van der Waals surface area (Å²) >= 11 is 5.88. The number of rotatable bonds is 4. The first-order chi connectivity index (χ1) is 13.6. The van der Waals surface area contributed by atoms with E-state index in [-0.39, 0.29) is 11.7 Å². The SMILES string of the molecule is O=C(Nc1ccc(Cl)cc1)c1ccccc1-c1ncc(-c2ccc(F)cc2)o1. The van der Waals surface area contributed by atoms with E-state index in [0.29, 0.717) is 39.1 Å². The minimum Gasteiger partial charge on any atom is -0.436 e. The number of nitrogens with zero attached hydrogens (tertiary/aromatic N) is 1. The van der Waals surface area contributed by atoms with Gasteiger partial charge in [-0.15, -0.1) is 0 Å². The molecule has 0 atom stereocenters. The zero-order valence-corrected chi connectivity index (χ0v) is 15.3. The number of halogens is 2. The van der Waals surface area contributed by atoms with E-state index in [1.54, 1.807) is 66.9 Å². The van der Waals surface area contributed by atoms with Crippen molar-refractivity contribution in [2.24, 2.45) is 0 Å². The molecule has 0 saturated heterocycles. The van der Waals surface area contributed by atoms with Crippen LogP contribution in [0.5, 0.6) is 0 Å². The number of anilines is 1. The number of amides is 1. The van der Waals surface area contributed by atoms with Crippen LogP contribution in [0.15, 0.2) is 83.4 Å². The lowest BCUT2D eigenvalue weighted by molar-refractivity contribution is 0.102. The Bertz CT molecular complexity index is 1120. The predicted molar refractivity (Wildman–Crippen MR) is 107 cm³/mol. The number of carbonyl (C=O) groups excluding carboxylic acids is 1. The molecule has 0 bridgehead atoms. The molecule has 4 rings (SSSR count). The van der Waals surface area contributed by atoms with E-state index < -0.39 is 0 Å². The molecule has 138 valence electrons. The van der Waals surface area contributed by atoms with E-state index in [4.69, 9.17) is 16.0 Å². The molecule has 6 heteroatoms. The Hall–Kier alpha value is -3.44. The highest BCUT2D eigenvalue weighted by atomic mass is 35.5. The number of nitrogens with one attached hydrogen (secondary N) is 1. The summed E-state index contributed by atoms with van der Waals surface area (Å²) in [5.41, 5.74) is 2.30. The lowest BCUT2D eigenvalue weighted by Gasteiger charge is -2.08. The summed E-state index contributed by atoms with van der Waals surface area (Å²) in [6, 6.07) is 19.8. The molecule has 0 aliphatic rings. The standard InChI is InChI=1S/C22H14ClFN2O2/c23-15-7-11-17(12-8-15)26-21(27)18-3-1-2-4-19(18)22-25-13-20(28-22)14-5-9-16(24)10-6-14/h1-13H,(H,26,27). The van der Waals surface area contributed by atoms with Crippen LogP contribution in [0.25, 0.3) is 22.8 Å². The van der Waals surface area contributed by atoms with Gasteiger partial charge in [0, 0.05) is 21.8 Å². The predicted octanol–water partition coefficient (Wildman–Crippen LogP) is 6.05. The fraction of sp³-hybridized carbons (Fsp3) is 0. The maximum Gasteiger partial charge on any atom is 0.256 e. The minimum atomic E-state index is -0.326. The fourth-order valence-electron chi connectivity index (χ4n) is 2.75. The van der Waals surface area contributed by atoms with Gasteiger partial charge in [0.2, 0.25) is 5.89 Å². The Balaban J connectivity index is 1.63. The van der Waals surface area contributed by atoms with Gasteiger partial charge in [0.15, 0.2) is 5.76 Å². The van der Waals surface area contributed by atoms with Gasteiger partial charge < -0.3 is 9.73 Å². The summed E-state index contributed by atoms with van der Waals surface area (Å²) in [6.45, 7) is 0. The van der Waals surface area contributed by atoms with Crippen molar-refractivity contribution in [2.75, 3.05) is 5.32 Å². The zero-order valence-electron chi connectivity index (χ0n) is 14.5. The van der Waals surface area contributed by atoms with E-state index in [1.165, 1.54) is 12.1 Å². The highest BCUT2D eigenvalue weighted by Crippen LogP contribution is 2.29. The second-order valence-corrected chi connectivity index (χ2v) is 6.48. The molecule has 0 radical (unpaired) electrons. The number of hydrogen-bond acceptors (Lipinski definition) is 3. The number of hydrogen-bond donors (Lipinski definition) is 1. The van der Waals surface area contributed by atoms with Gasteiger partial charge in [0.25, 0.3) is 5.91 Å². The van der Waals surface area contributed by atoms with Crippen LogP contribution < -0.4 is 5.32 Å². The maximum atomic E-state index is 13.1. The van der Waals surface area contributed by atoms with Gasteiger partial charge in [-0.25, -0.2) is 9.37 Å². The summed E-state index contributed by atoms with van der Waals surface area (Å²) in [7, 11) is 0. The van der Waals surface area contributed by atoms with Crippen molar-refractivity contribution in [3.8, 4) is 22.8 Å². The summed E-state index contributed by atoms with van der Waals surface area (Å²) in [5, 5.41) is 3.42. The third-order valence-corrected chi connectivity index (χ3v) is 4.39. The number of carbonyl (C=O) groups is 1. The van der Waals surface area contributed by atoms with Crippen LogP contribution in [0.1, 0.15) is 10.4 Å². The quantitative estimate of drug-likeness (QED) is 0.459.